The van der Waals surface area contributed by atoms with Gasteiger partial charge < -0.3 is 10.4 Å². The van der Waals surface area contributed by atoms with Crippen molar-refractivity contribution in [2.75, 3.05) is 0 Å². The van der Waals surface area contributed by atoms with Crippen molar-refractivity contribution < 1.29 is 9.90 Å². The van der Waals surface area contributed by atoms with Gasteiger partial charge in [-0.1, -0.05) is 34.1 Å². The molecule has 1 saturated heterocycles. The number of halogens is 1. The second kappa shape index (κ2) is 6.60. The van der Waals surface area contributed by atoms with Crippen molar-refractivity contribution in [1.82, 2.24) is 5.32 Å². The molecule has 1 aliphatic heterocycles. The zero-order valence-corrected chi connectivity index (χ0v) is 14.6. The number of carbonyl (C=O) groups is 1. The fourth-order valence-corrected chi connectivity index (χ4v) is 3.12. The summed E-state index contributed by atoms with van der Waals surface area (Å²) in [5, 5.41) is 13.0. The first-order valence-electron chi connectivity index (χ1n) is 6.86. The summed E-state index contributed by atoms with van der Waals surface area (Å²) in [6.45, 7) is 1.92. The first-order valence-corrected chi connectivity index (χ1v) is 8.47. The third-order valence-corrected chi connectivity index (χ3v) is 4.61. The van der Waals surface area contributed by atoms with E-state index in [4.69, 9.17) is 0 Å². The van der Waals surface area contributed by atoms with Crippen LogP contribution in [0.2, 0.25) is 0 Å². The van der Waals surface area contributed by atoms with Crippen molar-refractivity contribution in [3.8, 4) is 5.75 Å². The van der Waals surface area contributed by atoms with Gasteiger partial charge >= 0.3 is 0 Å². The van der Waals surface area contributed by atoms with Crippen LogP contribution in [0.4, 0.5) is 5.69 Å². The number of nitrogens with zero attached hydrogens (tertiary/aromatic N) is 1. The quantitative estimate of drug-likeness (QED) is 0.751. The van der Waals surface area contributed by atoms with E-state index in [2.05, 4.69) is 26.2 Å². The number of nitrogens with one attached hydrogen (secondary N) is 1. The van der Waals surface area contributed by atoms with Gasteiger partial charge in [-0.25, -0.2) is 4.99 Å². The normalized spacial score (nSPS) is 17.7. The van der Waals surface area contributed by atoms with Crippen LogP contribution in [-0.2, 0) is 4.79 Å². The fraction of sp³-hybridized carbons (Fsp3) is 0.0588. The standard InChI is InChI=1S/C17H13BrN2O2S/c1-10-2-7-14(21)13(8-10)19-17-20-16(22)15(23-17)9-11-3-5-12(18)6-4-11/h2-9,21H,1H3,(H,19,20,22)/b15-9-. The summed E-state index contributed by atoms with van der Waals surface area (Å²) in [6.07, 6.45) is 1.81. The molecule has 0 atom stereocenters. The predicted octanol–water partition coefficient (Wildman–Crippen LogP) is 4.35. The van der Waals surface area contributed by atoms with Gasteiger partial charge in [0.2, 0.25) is 0 Å². The van der Waals surface area contributed by atoms with Crippen LogP contribution in [0.5, 0.6) is 5.75 Å². The Labute approximate surface area is 146 Å². The van der Waals surface area contributed by atoms with Gasteiger partial charge in [-0.15, -0.1) is 0 Å². The van der Waals surface area contributed by atoms with Crippen LogP contribution < -0.4 is 5.32 Å². The van der Waals surface area contributed by atoms with Gasteiger partial charge in [0, 0.05) is 4.47 Å². The Balaban J connectivity index is 1.86. The summed E-state index contributed by atoms with van der Waals surface area (Å²) in [4.78, 5) is 16.9. The lowest BCUT2D eigenvalue weighted by Gasteiger charge is -2.01. The van der Waals surface area contributed by atoms with E-state index < -0.39 is 0 Å². The Morgan fingerprint density at radius 1 is 1.22 bits per heavy atom. The molecule has 3 rings (SSSR count). The molecule has 4 nitrogen and oxygen atoms in total. The molecule has 1 heterocycles. The van der Waals surface area contributed by atoms with Crippen LogP contribution in [0.15, 0.2) is 56.8 Å². The van der Waals surface area contributed by atoms with Crippen LogP contribution in [0.3, 0.4) is 0 Å². The van der Waals surface area contributed by atoms with Gasteiger partial charge in [0.15, 0.2) is 5.17 Å². The molecular formula is C17H13BrN2O2S. The van der Waals surface area contributed by atoms with Gasteiger partial charge in [0.05, 0.1) is 4.91 Å². The van der Waals surface area contributed by atoms with Crippen molar-refractivity contribution in [2.24, 2.45) is 4.99 Å². The molecule has 0 saturated carbocycles. The maximum atomic E-state index is 12.0. The maximum absolute atomic E-state index is 12.0. The molecule has 1 amide bonds. The molecule has 0 spiro atoms. The highest BCUT2D eigenvalue weighted by Gasteiger charge is 2.24. The molecular weight excluding hydrogens is 376 g/mol. The monoisotopic (exact) mass is 388 g/mol. The van der Waals surface area contributed by atoms with Crippen LogP contribution >= 0.6 is 27.7 Å². The SMILES string of the molecule is Cc1ccc(O)c(N=C2NC(=O)/C(=C/c3ccc(Br)cc3)S2)c1. The molecule has 23 heavy (non-hydrogen) atoms. The number of aliphatic imine (C=N–C) groups is 1. The van der Waals surface area contributed by atoms with Crippen molar-refractivity contribution in [1.29, 1.82) is 0 Å². The molecule has 0 aromatic heterocycles. The van der Waals surface area contributed by atoms with Gasteiger partial charge in [-0.3, -0.25) is 4.79 Å². The van der Waals surface area contributed by atoms with E-state index in [1.165, 1.54) is 11.8 Å². The van der Waals surface area contributed by atoms with E-state index in [0.717, 1.165) is 15.6 Å². The van der Waals surface area contributed by atoms with Gasteiger partial charge in [-0.05, 0) is 60.2 Å². The van der Waals surface area contributed by atoms with Crippen molar-refractivity contribution in [3.05, 3.63) is 63.0 Å². The molecule has 116 valence electrons. The molecule has 2 N–H and O–H groups in total. The predicted molar refractivity (Wildman–Crippen MR) is 97.8 cm³/mol. The molecule has 0 unspecified atom stereocenters. The lowest BCUT2D eigenvalue weighted by molar-refractivity contribution is -0.115. The molecule has 6 heteroatoms. The van der Waals surface area contributed by atoms with Crippen molar-refractivity contribution >= 4 is 50.5 Å². The molecule has 1 aliphatic rings. The maximum Gasteiger partial charge on any atom is 0.264 e. The van der Waals surface area contributed by atoms with Crippen LogP contribution in [0, 0.1) is 6.92 Å². The molecule has 1 fully saturated rings. The first kappa shape index (κ1) is 15.8. The van der Waals surface area contributed by atoms with E-state index >= 15 is 0 Å². The number of carbonyl (C=O) groups excluding carboxylic acids is 1. The van der Waals surface area contributed by atoms with Crippen molar-refractivity contribution in [2.45, 2.75) is 6.92 Å². The highest BCUT2D eigenvalue weighted by Crippen LogP contribution is 2.32. The van der Waals surface area contributed by atoms with E-state index in [0.29, 0.717) is 15.8 Å². The van der Waals surface area contributed by atoms with Gasteiger partial charge in [0.1, 0.15) is 11.4 Å². The average molecular weight is 389 g/mol. The minimum absolute atomic E-state index is 0.0864. The van der Waals surface area contributed by atoms with Crippen molar-refractivity contribution in [3.63, 3.8) is 0 Å². The number of amides is 1. The van der Waals surface area contributed by atoms with Crippen LogP contribution in [0.25, 0.3) is 6.08 Å². The van der Waals surface area contributed by atoms with E-state index in [1.54, 1.807) is 18.2 Å². The first-order chi connectivity index (χ1) is 11.0. The Kier molecular flexibility index (Phi) is 4.54. The number of phenols is 1. The summed E-state index contributed by atoms with van der Waals surface area (Å²) >= 11 is 4.64. The number of phenolic OH excluding ortho intramolecular Hbond substituents is 1. The molecule has 0 aliphatic carbocycles. The van der Waals surface area contributed by atoms with E-state index in [-0.39, 0.29) is 11.7 Å². The highest BCUT2D eigenvalue weighted by atomic mass is 79.9. The van der Waals surface area contributed by atoms with E-state index in [9.17, 15) is 9.90 Å². The summed E-state index contributed by atoms with van der Waals surface area (Å²) < 4.78 is 0.986. The number of amidine groups is 1. The Morgan fingerprint density at radius 3 is 2.70 bits per heavy atom. The van der Waals surface area contributed by atoms with Gasteiger partial charge in [-0.2, -0.15) is 0 Å². The number of thioether (sulfide) groups is 1. The molecule has 2 aromatic carbocycles. The number of rotatable bonds is 2. The Hall–Kier alpha value is -2.05. The minimum atomic E-state index is -0.191. The number of aryl methyl sites for hydroxylation is 1. The third-order valence-electron chi connectivity index (χ3n) is 3.17. The molecule has 0 bridgehead atoms. The smallest absolute Gasteiger partial charge is 0.264 e. The van der Waals surface area contributed by atoms with Gasteiger partial charge in [0.25, 0.3) is 5.91 Å². The lowest BCUT2D eigenvalue weighted by Crippen LogP contribution is -2.19. The highest BCUT2D eigenvalue weighted by molar-refractivity contribution is 9.10. The number of aromatic hydroxyl groups is 1. The summed E-state index contributed by atoms with van der Waals surface area (Å²) in [5.41, 5.74) is 2.37. The number of hydrogen-bond acceptors (Lipinski definition) is 4. The van der Waals surface area contributed by atoms with E-state index in [1.807, 2.05) is 37.3 Å². The summed E-state index contributed by atoms with van der Waals surface area (Å²) in [6, 6.07) is 12.9. The number of hydrogen-bond donors (Lipinski definition) is 2. The Morgan fingerprint density at radius 2 is 1.96 bits per heavy atom. The fourth-order valence-electron chi connectivity index (χ4n) is 2.02. The summed E-state index contributed by atoms with van der Waals surface area (Å²) in [5.74, 6) is -0.105. The zero-order chi connectivity index (χ0) is 16.4. The summed E-state index contributed by atoms with van der Waals surface area (Å²) in [7, 11) is 0. The van der Waals surface area contributed by atoms with Crippen LogP contribution in [-0.4, -0.2) is 16.2 Å². The topological polar surface area (TPSA) is 61.7 Å². The number of benzene rings is 2. The largest absolute Gasteiger partial charge is 0.506 e. The second-order valence-electron chi connectivity index (χ2n) is 5.03. The Bertz CT molecular complexity index is 829. The average Bonchev–Trinajstić information content (AvgIpc) is 2.85. The molecule has 0 radical (unpaired) electrons. The zero-order valence-electron chi connectivity index (χ0n) is 12.2. The third kappa shape index (κ3) is 3.83. The lowest BCUT2D eigenvalue weighted by atomic mass is 10.2. The molecule has 2 aromatic rings. The minimum Gasteiger partial charge on any atom is -0.506 e. The van der Waals surface area contributed by atoms with Crippen LogP contribution in [0.1, 0.15) is 11.1 Å². The second-order valence-corrected chi connectivity index (χ2v) is 6.97.